The Hall–Kier alpha value is -3.43. The average molecular weight is 442 g/mol. The molecule has 0 spiro atoms. The summed E-state index contributed by atoms with van der Waals surface area (Å²) in [6, 6.07) is 6.17. The molecule has 3 aliphatic heterocycles. The number of ether oxygens (including phenoxy) is 1. The van der Waals surface area contributed by atoms with Crippen LogP contribution in [0.15, 0.2) is 30.3 Å². The van der Waals surface area contributed by atoms with Crippen LogP contribution < -0.4 is 10.6 Å². The Balaban J connectivity index is 1.53. The molecule has 32 heavy (non-hydrogen) atoms. The molecule has 2 N–H and O–H groups in total. The van der Waals surface area contributed by atoms with E-state index in [1.165, 1.54) is 10.0 Å². The number of cyclic esters (lactones) is 1. The van der Waals surface area contributed by atoms with Gasteiger partial charge >= 0.3 is 5.97 Å². The Morgan fingerprint density at radius 1 is 1.06 bits per heavy atom. The van der Waals surface area contributed by atoms with E-state index in [2.05, 4.69) is 10.6 Å². The number of benzene rings is 1. The average Bonchev–Trinajstić information content (AvgIpc) is 3.05. The molecule has 3 aliphatic rings. The molecular weight excluding hydrogens is 416 g/mol. The first-order chi connectivity index (χ1) is 15.3. The van der Waals surface area contributed by atoms with Crippen molar-refractivity contribution >= 4 is 29.6 Å². The van der Waals surface area contributed by atoms with Crippen molar-refractivity contribution < 1.29 is 28.7 Å². The zero-order valence-electron chi connectivity index (χ0n) is 17.8. The summed E-state index contributed by atoms with van der Waals surface area (Å²) in [5, 5.41) is 8.04. The first kappa shape index (κ1) is 21.8. The minimum atomic E-state index is -0.930. The summed E-state index contributed by atoms with van der Waals surface area (Å²) in [7, 11) is 0. The van der Waals surface area contributed by atoms with Crippen molar-refractivity contribution in [1.82, 2.24) is 20.7 Å². The quantitative estimate of drug-likeness (QED) is 0.639. The van der Waals surface area contributed by atoms with Crippen LogP contribution in [0, 0.1) is 0 Å². The fourth-order valence-corrected chi connectivity index (χ4v) is 4.37. The molecule has 3 fully saturated rings. The number of hydrazine groups is 1. The fraction of sp³-hybridized carbons (Fsp3) is 0.500. The van der Waals surface area contributed by atoms with Gasteiger partial charge in [-0.05, 0) is 38.3 Å². The molecule has 4 amide bonds. The lowest BCUT2D eigenvalue weighted by Gasteiger charge is -2.43. The van der Waals surface area contributed by atoms with Crippen molar-refractivity contribution in [2.75, 3.05) is 6.54 Å². The number of fused-ring (bicyclic) bond motifs is 1. The van der Waals surface area contributed by atoms with Crippen LogP contribution in [0.4, 0.5) is 0 Å². The summed E-state index contributed by atoms with van der Waals surface area (Å²) in [4.78, 5) is 63.4. The number of carbonyl (C=O) groups excluding carboxylic acids is 5. The van der Waals surface area contributed by atoms with Gasteiger partial charge in [0.1, 0.15) is 18.2 Å². The van der Waals surface area contributed by atoms with Gasteiger partial charge in [-0.1, -0.05) is 18.2 Å². The van der Waals surface area contributed by atoms with E-state index < -0.39 is 47.9 Å². The molecule has 1 aromatic rings. The third-order valence-corrected chi connectivity index (χ3v) is 6.10. The number of nitrogens with one attached hydrogen (secondary N) is 2. The summed E-state index contributed by atoms with van der Waals surface area (Å²) in [5.41, 5.74) is 0.403. The molecule has 4 rings (SSSR count). The summed E-state index contributed by atoms with van der Waals surface area (Å²) < 4.78 is 5.08. The topological polar surface area (TPSA) is 125 Å². The smallest absolute Gasteiger partial charge is 0.308 e. The number of esters is 1. The largest absolute Gasteiger partial charge is 0.460 e. The highest BCUT2D eigenvalue weighted by molar-refractivity contribution is 5.99. The summed E-state index contributed by atoms with van der Waals surface area (Å²) in [5.74, 6) is -2.01. The summed E-state index contributed by atoms with van der Waals surface area (Å²) in [6.45, 7) is 2.02. The van der Waals surface area contributed by atoms with E-state index in [1.807, 2.05) is 0 Å². The Morgan fingerprint density at radius 3 is 2.50 bits per heavy atom. The third kappa shape index (κ3) is 4.30. The number of nitrogens with zero attached hydrogens (tertiary/aromatic N) is 2. The van der Waals surface area contributed by atoms with E-state index in [9.17, 15) is 24.0 Å². The SMILES string of the molecule is CC1OC(=O)C[C@@H]1NC(=O)C1CCCN2C(=O)CC[C@H](NC(=O)c3ccccc3)C(=O)N12. The first-order valence-electron chi connectivity index (χ1n) is 10.8. The molecule has 170 valence electrons. The van der Waals surface area contributed by atoms with Crippen LogP contribution in [-0.2, 0) is 23.9 Å². The molecule has 4 atom stereocenters. The lowest BCUT2D eigenvalue weighted by molar-refractivity contribution is -0.176. The Bertz CT molecular complexity index is 936. The molecule has 0 aliphatic carbocycles. The molecule has 10 nitrogen and oxygen atoms in total. The van der Waals surface area contributed by atoms with E-state index in [1.54, 1.807) is 37.3 Å². The lowest BCUT2D eigenvalue weighted by atomic mass is 10.0. The van der Waals surface area contributed by atoms with Gasteiger partial charge in [-0.25, -0.2) is 5.01 Å². The first-order valence-corrected chi connectivity index (χ1v) is 10.8. The standard InChI is InChI=1S/C22H26N4O6/c1-13-16(12-19(28)32-13)24-21(30)17-8-5-11-25-18(27)10-9-15(22(31)26(17)25)23-20(29)14-6-3-2-4-7-14/h2-4,6-7,13,15-17H,5,8-12H2,1H3,(H,23,29)(H,24,30)/t13?,15-,16-,17?/m0/s1. The van der Waals surface area contributed by atoms with Crippen molar-refractivity contribution in [2.45, 2.75) is 63.3 Å². The van der Waals surface area contributed by atoms with Crippen LogP contribution in [0.1, 0.15) is 49.4 Å². The molecule has 3 saturated heterocycles. The molecule has 0 radical (unpaired) electrons. The Labute approximate surface area is 185 Å². The minimum Gasteiger partial charge on any atom is -0.460 e. The molecule has 0 aromatic heterocycles. The molecule has 0 bridgehead atoms. The van der Waals surface area contributed by atoms with Gasteiger partial charge in [0.2, 0.25) is 11.8 Å². The van der Waals surface area contributed by atoms with Crippen molar-refractivity contribution in [3.05, 3.63) is 35.9 Å². The van der Waals surface area contributed by atoms with Crippen LogP contribution in [0.5, 0.6) is 0 Å². The summed E-state index contributed by atoms with van der Waals surface area (Å²) >= 11 is 0. The monoisotopic (exact) mass is 442 g/mol. The van der Waals surface area contributed by atoms with E-state index >= 15 is 0 Å². The maximum atomic E-state index is 13.4. The van der Waals surface area contributed by atoms with E-state index in [0.717, 1.165) is 0 Å². The van der Waals surface area contributed by atoms with Gasteiger partial charge in [-0.2, -0.15) is 0 Å². The van der Waals surface area contributed by atoms with Crippen molar-refractivity contribution in [1.29, 1.82) is 0 Å². The number of rotatable bonds is 4. The number of amides is 4. The normalized spacial score (nSPS) is 28.0. The number of hydrogen-bond donors (Lipinski definition) is 2. The number of carbonyl (C=O) groups is 5. The molecule has 0 saturated carbocycles. The van der Waals surface area contributed by atoms with Crippen molar-refractivity contribution in [2.24, 2.45) is 0 Å². The predicted molar refractivity (Wildman–Crippen MR) is 111 cm³/mol. The fourth-order valence-electron chi connectivity index (χ4n) is 4.37. The Morgan fingerprint density at radius 2 is 1.81 bits per heavy atom. The van der Waals surface area contributed by atoms with Gasteiger partial charge in [-0.15, -0.1) is 0 Å². The van der Waals surface area contributed by atoms with Crippen LogP contribution >= 0.6 is 0 Å². The van der Waals surface area contributed by atoms with Crippen LogP contribution in [0.3, 0.4) is 0 Å². The second kappa shape index (κ2) is 8.97. The zero-order chi connectivity index (χ0) is 22.8. The molecular formula is C22H26N4O6. The lowest BCUT2D eigenvalue weighted by Crippen LogP contribution is -2.64. The number of hydrogen-bond acceptors (Lipinski definition) is 6. The van der Waals surface area contributed by atoms with Gasteiger partial charge in [0.25, 0.3) is 11.8 Å². The summed E-state index contributed by atoms with van der Waals surface area (Å²) in [6.07, 6.45) is 0.760. The maximum Gasteiger partial charge on any atom is 0.308 e. The van der Waals surface area contributed by atoms with E-state index in [0.29, 0.717) is 24.9 Å². The highest BCUT2D eigenvalue weighted by Gasteiger charge is 2.45. The van der Waals surface area contributed by atoms with Gasteiger partial charge in [0.05, 0.1) is 12.5 Å². The van der Waals surface area contributed by atoms with Crippen LogP contribution in [0.25, 0.3) is 0 Å². The highest BCUT2D eigenvalue weighted by atomic mass is 16.6. The van der Waals surface area contributed by atoms with Gasteiger partial charge in [-0.3, -0.25) is 29.0 Å². The minimum absolute atomic E-state index is 0.0615. The molecule has 10 heteroatoms. The van der Waals surface area contributed by atoms with Crippen LogP contribution in [-0.4, -0.2) is 70.4 Å². The molecule has 2 unspecified atom stereocenters. The molecule has 3 heterocycles. The van der Waals surface area contributed by atoms with E-state index in [4.69, 9.17) is 4.74 Å². The molecule has 1 aromatic carbocycles. The van der Waals surface area contributed by atoms with Crippen LogP contribution in [0.2, 0.25) is 0 Å². The predicted octanol–water partition coefficient (Wildman–Crippen LogP) is 0.134. The maximum absolute atomic E-state index is 13.4. The highest BCUT2D eigenvalue weighted by Crippen LogP contribution is 2.26. The van der Waals surface area contributed by atoms with Gasteiger partial charge < -0.3 is 15.4 Å². The second-order valence-corrected chi connectivity index (χ2v) is 8.30. The van der Waals surface area contributed by atoms with Gasteiger partial charge in [0, 0.05) is 18.5 Å². The zero-order valence-corrected chi connectivity index (χ0v) is 17.8. The second-order valence-electron chi connectivity index (χ2n) is 8.30. The van der Waals surface area contributed by atoms with Gasteiger partial charge in [0.15, 0.2) is 0 Å². The van der Waals surface area contributed by atoms with Crippen molar-refractivity contribution in [3.63, 3.8) is 0 Å². The Kier molecular flexibility index (Phi) is 6.11. The van der Waals surface area contributed by atoms with Crippen molar-refractivity contribution in [3.8, 4) is 0 Å². The van der Waals surface area contributed by atoms with E-state index in [-0.39, 0.29) is 25.2 Å². The third-order valence-electron chi connectivity index (χ3n) is 6.10.